The maximum Gasteiger partial charge on any atom is 0.252 e. The number of nitrogens with zero attached hydrogens (tertiary/aromatic N) is 1. The predicted octanol–water partition coefficient (Wildman–Crippen LogP) is 6.31. The summed E-state index contributed by atoms with van der Waals surface area (Å²) in [7, 11) is 0. The van der Waals surface area contributed by atoms with Gasteiger partial charge in [0.2, 0.25) is 0 Å². The van der Waals surface area contributed by atoms with Gasteiger partial charge in [0.05, 0.1) is 16.6 Å². The molecular formula is C28H23BrN2O2. The summed E-state index contributed by atoms with van der Waals surface area (Å²) in [4.78, 5) is 13.0. The van der Waals surface area contributed by atoms with Crippen molar-refractivity contribution in [1.29, 1.82) is 0 Å². The van der Waals surface area contributed by atoms with Crippen LogP contribution >= 0.6 is 15.9 Å². The third-order valence-corrected chi connectivity index (χ3v) is 5.73. The van der Waals surface area contributed by atoms with Gasteiger partial charge in [0.15, 0.2) is 0 Å². The van der Waals surface area contributed by atoms with E-state index >= 15 is 0 Å². The van der Waals surface area contributed by atoms with Gasteiger partial charge in [-0.3, -0.25) is 4.79 Å². The van der Waals surface area contributed by atoms with E-state index in [1.54, 1.807) is 6.21 Å². The standard InChI is InChI=1S/C28H23BrN2O2/c29-25-18-22(16-17-26(25)33-20-21-10-4-1-5-11-21)19-30-31-28(32)27(23-12-6-2-7-13-23)24-14-8-3-9-15-24/h1-19,27H,20H2,(H,31,32)/b30-19+. The molecule has 0 spiro atoms. The largest absolute Gasteiger partial charge is 0.488 e. The van der Waals surface area contributed by atoms with Crippen LogP contribution in [0.5, 0.6) is 5.75 Å². The van der Waals surface area contributed by atoms with E-state index < -0.39 is 5.92 Å². The first-order valence-corrected chi connectivity index (χ1v) is 11.4. The Kier molecular flexibility index (Phi) is 7.67. The normalized spacial score (nSPS) is 11.0. The van der Waals surface area contributed by atoms with E-state index in [0.29, 0.717) is 6.61 Å². The molecule has 0 aliphatic heterocycles. The zero-order chi connectivity index (χ0) is 22.9. The van der Waals surface area contributed by atoms with Crippen LogP contribution in [0.15, 0.2) is 119 Å². The maximum atomic E-state index is 13.0. The lowest BCUT2D eigenvalue weighted by molar-refractivity contribution is -0.121. The maximum absolute atomic E-state index is 13.0. The second-order valence-electron chi connectivity index (χ2n) is 7.45. The predicted molar refractivity (Wildman–Crippen MR) is 135 cm³/mol. The van der Waals surface area contributed by atoms with Gasteiger partial charge in [0.25, 0.3) is 5.91 Å². The van der Waals surface area contributed by atoms with Crippen molar-refractivity contribution in [3.8, 4) is 5.75 Å². The Hall–Kier alpha value is -3.70. The number of halogens is 1. The summed E-state index contributed by atoms with van der Waals surface area (Å²) in [6.07, 6.45) is 1.62. The molecule has 4 aromatic rings. The number of benzene rings is 4. The van der Waals surface area contributed by atoms with E-state index in [1.807, 2.05) is 109 Å². The van der Waals surface area contributed by atoms with Crippen molar-refractivity contribution in [1.82, 2.24) is 5.43 Å². The molecule has 0 aliphatic rings. The molecule has 4 aromatic carbocycles. The highest BCUT2D eigenvalue weighted by Gasteiger charge is 2.22. The smallest absolute Gasteiger partial charge is 0.252 e. The van der Waals surface area contributed by atoms with Crippen LogP contribution in [0.4, 0.5) is 0 Å². The lowest BCUT2D eigenvalue weighted by Crippen LogP contribution is -2.26. The van der Waals surface area contributed by atoms with E-state index in [4.69, 9.17) is 4.74 Å². The van der Waals surface area contributed by atoms with Gasteiger partial charge >= 0.3 is 0 Å². The number of carbonyl (C=O) groups is 1. The highest BCUT2D eigenvalue weighted by Crippen LogP contribution is 2.27. The fourth-order valence-electron chi connectivity index (χ4n) is 3.47. The van der Waals surface area contributed by atoms with Gasteiger partial charge in [-0.05, 0) is 56.4 Å². The summed E-state index contributed by atoms with van der Waals surface area (Å²) < 4.78 is 6.71. The molecule has 4 rings (SSSR count). The van der Waals surface area contributed by atoms with Crippen molar-refractivity contribution in [2.75, 3.05) is 0 Å². The number of hydrogen-bond donors (Lipinski definition) is 1. The molecule has 4 nitrogen and oxygen atoms in total. The third-order valence-electron chi connectivity index (χ3n) is 5.11. The summed E-state index contributed by atoms with van der Waals surface area (Å²) >= 11 is 3.55. The van der Waals surface area contributed by atoms with Crippen LogP contribution in [-0.2, 0) is 11.4 Å². The van der Waals surface area contributed by atoms with Crippen molar-refractivity contribution >= 4 is 28.1 Å². The first-order chi connectivity index (χ1) is 16.2. The SMILES string of the molecule is O=C(N/N=C/c1ccc(OCc2ccccc2)c(Br)c1)C(c1ccccc1)c1ccccc1. The van der Waals surface area contributed by atoms with Gasteiger partial charge < -0.3 is 4.74 Å². The van der Waals surface area contributed by atoms with Gasteiger partial charge in [0.1, 0.15) is 12.4 Å². The molecule has 0 saturated carbocycles. The molecule has 1 amide bonds. The van der Waals surface area contributed by atoms with E-state index in [-0.39, 0.29) is 5.91 Å². The number of rotatable bonds is 8. The van der Waals surface area contributed by atoms with E-state index in [9.17, 15) is 4.79 Å². The molecule has 0 fully saturated rings. The molecular weight excluding hydrogens is 476 g/mol. The molecule has 0 atom stereocenters. The summed E-state index contributed by atoms with van der Waals surface area (Å²) in [5, 5.41) is 4.19. The monoisotopic (exact) mass is 498 g/mol. The minimum absolute atomic E-state index is 0.189. The highest BCUT2D eigenvalue weighted by atomic mass is 79.9. The van der Waals surface area contributed by atoms with Crippen molar-refractivity contribution in [3.63, 3.8) is 0 Å². The number of carbonyl (C=O) groups excluding carboxylic acids is 1. The molecule has 0 radical (unpaired) electrons. The van der Waals surface area contributed by atoms with Crippen molar-refractivity contribution < 1.29 is 9.53 Å². The molecule has 0 heterocycles. The molecule has 5 heteroatoms. The Bertz CT molecular complexity index is 1170. The Labute approximate surface area is 202 Å². The minimum Gasteiger partial charge on any atom is -0.488 e. The van der Waals surface area contributed by atoms with Gasteiger partial charge in [0, 0.05) is 0 Å². The summed E-state index contributed by atoms with van der Waals surface area (Å²) in [6.45, 7) is 0.489. The molecule has 1 N–H and O–H groups in total. The van der Waals surface area contributed by atoms with Crippen molar-refractivity contribution in [3.05, 3.63) is 136 Å². The van der Waals surface area contributed by atoms with E-state index in [1.165, 1.54) is 0 Å². The van der Waals surface area contributed by atoms with Crippen LogP contribution in [0.3, 0.4) is 0 Å². The second-order valence-corrected chi connectivity index (χ2v) is 8.31. The minimum atomic E-state index is -0.440. The van der Waals surface area contributed by atoms with Crippen molar-refractivity contribution in [2.45, 2.75) is 12.5 Å². The highest BCUT2D eigenvalue weighted by molar-refractivity contribution is 9.10. The summed E-state index contributed by atoms with van der Waals surface area (Å²) in [5.74, 6) is 0.115. The third kappa shape index (κ3) is 6.18. The lowest BCUT2D eigenvalue weighted by Gasteiger charge is -2.16. The Morgan fingerprint density at radius 2 is 1.42 bits per heavy atom. The van der Waals surface area contributed by atoms with E-state index in [2.05, 4.69) is 26.5 Å². The van der Waals surface area contributed by atoms with Gasteiger partial charge in [-0.15, -0.1) is 0 Å². The number of amides is 1. The number of hydrazone groups is 1. The summed E-state index contributed by atoms with van der Waals surface area (Å²) in [6, 6.07) is 35.1. The molecule has 0 aromatic heterocycles. The Morgan fingerprint density at radius 1 is 0.848 bits per heavy atom. The zero-order valence-corrected chi connectivity index (χ0v) is 19.5. The van der Waals surface area contributed by atoms with Crippen LogP contribution in [0.2, 0.25) is 0 Å². The van der Waals surface area contributed by atoms with Crippen LogP contribution in [-0.4, -0.2) is 12.1 Å². The Balaban J connectivity index is 1.42. The average Bonchev–Trinajstić information content (AvgIpc) is 2.86. The van der Waals surface area contributed by atoms with Gasteiger partial charge in [-0.25, -0.2) is 5.43 Å². The Morgan fingerprint density at radius 3 is 2.00 bits per heavy atom. The fraction of sp³-hybridized carbons (Fsp3) is 0.0714. The van der Waals surface area contributed by atoms with Crippen LogP contribution in [0.1, 0.15) is 28.2 Å². The summed E-state index contributed by atoms with van der Waals surface area (Å²) in [5.41, 5.74) is 6.46. The number of ether oxygens (including phenoxy) is 1. The lowest BCUT2D eigenvalue weighted by atomic mass is 9.91. The first kappa shape index (κ1) is 22.5. The molecule has 0 unspecified atom stereocenters. The first-order valence-electron chi connectivity index (χ1n) is 10.6. The molecule has 0 aliphatic carbocycles. The fourth-order valence-corrected chi connectivity index (χ4v) is 3.98. The van der Waals surface area contributed by atoms with E-state index in [0.717, 1.165) is 32.5 Å². The zero-order valence-electron chi connectivity index (χ0n) is 17.9. The number of nitrogens with one attached hydrogen (secondary N) is 1. The van der Waals surface area contributed by atoms with Crippen molar-refractivity contribution in [2.24, 2.45) is 5.10 Å². The quantitative estimate of drug-likeness (QED) is 0.228. The molecule has 164 valence electrons. The van der Waals surface area contributed by atoms with Gasteiger partial charge in [-0.1, -0.05) is 91.0 Å². The number of hydrogen-bond acceptors (Lipinski definition) is 3. The molecule has 33 heavy (non-hydrogen) atoms. The second kappa shape index (κ2) is 11.2. The average molecular weight is 499 g/mol. The van der Waals surface area contributed by atoms with Crippen LogP contribution in [0.25, 0.3) is 0 Å². The topological polar surface area (TPSA) is 50.7 Å². The molecule has 0 bridgehead atoms. The molecule has 0 saturated heterocycles. The van der Waals surface area contributed by atoms with Crippen LogP contribution in [0, 0.1) is 0 Å². The van der Waals surface area contributed by atoms with Crippen LogP contribution < -0.4 is 10.2 Å². The van der Waals surface area contributed by atoms with Gasteiger partial charge in [-0.2, -0.15) is 5.10 Å².